The molecule has 12 heteroatoms. The normalized spacial score (nSPS) is 22.2. The van der Waals surface area contributed by atoms with Gasteiger partial charge in [0.25, 0.3) is 5.91 Å². The molecule has 1 amide bonds. The van der Waals surface area contributed by atoms with E-state index in [9.17, 15) is 15.0 Å². The third-order valence-electron chi connectivity index (χ3n) is 7.88. The Labute approximate surface area is 246 Å². The van der Waals surface area contributed by atoms with Crippen LogP contribution in [0.4, 0.5) is 5.82 Å². The summed E-state index contributed by atoms with van der Waals surface area (Å²) in [6.45, 7) is 1.33. The largest absolute Gasteiger partial charge is 0.387 e. The van der Waals surface area contributed by atoms with Crippen LogP contribution in [0.2, 0.25) is 5.02 Å². The third kappa shape index (κ3) is 5.09. The highest BCUT2D eigenvalue weighted by atomic mass is 35.5. The van der Waals surface area contributed by atoms with Gasteiger partial charge < -0.3 is 30.2 Å². The summed E-state index contributed by atoms with van der Waals surface area (Å²) >= 11 is 6.07. The van der Waals surface area contributed by atoms with Gasteiger partial charge in [0.05, 0.1) is 6.33 Å². The number of aliphatic hydroxyl groups is 2. The predicted molar refractivity (Wildman–Crippen MR) is 157 cm³/mol. The zero-order chi connectivity index (χ0) is 28.8. The number of aromatic nitrogens is 5. The lowest BCUT2D eigenvalue weighted by Crippen LogP contribution is -2.43. The molecule has 4 N–H and O–H groups in total. The van der Waals surface area contributed by atoms with Gasteiger partial charge in [0.2, 0.25) is 0 Å². The van der Waals surface area contributed by atoms with Crippen LogP contribution in [-0.4, -0.2) is 71.1 Å². The molecule has 3 aromatic heterocycles. The zero-order valence-electron chi connectivity index (χ0n) is 22.6. The van der Waals surface area contributed by atoms with E-state index in [0.29, 0.717) is 23.5 Å². The van der Waals surface area contributed by atoms with Crippen molar-refractivity contribution in [2.75, 3.05) is 11.9 Å². The number of aliphatic hydroxyl groups excluding tert-OH is 2. The van der Waals surface area contributed by atoms with Crippen molar-refractivity contribution in [3.05, 3.63) is 83.5 Å². The van der Waals surface area contributed by atoms with Gasteiger partial charge in [-0.15, -0.1) is 0 Å². The average Bonchev–Trinajstić information content (AvgIpc) is 3.48. The summed E-state index contributed by atoms with van der Waals surface area (Å²) in [4.78, 5) is 25.8. The number of rotatable bonds is 9. The van der Waals surface area contributed by atoms with Crippen molar-refractivity contribution >= 4 is 45.4 Å². The van der Waals surface area contributed by atoms with Gasteiger partial charge in [-0.1, -0.05) is 41.9 Å². The van der Waals surface area contributed by atoms with Gasteiger partial charge in [0.15, 0.2) is 29.3 Å². The molecule has 4 atom stereocenters. The topological polar surface area (TPSA) is 139 Å². The highest BCUT2D eigenvalue weighted by molar-refractivity contribution is 6.30. The standard InChI is InChI=1S/C30H30ClN7O4/c31-19-7-5-17(6-8-19)13-37-14-18(21-3-1-2-4-22(21)37)11-12-32-27-23-28(34-15-33-27)38(16-35-23)30-25(40)24(39)26(42-30)29(41)36-20-9-10-20/h1-8,14-16,20,24-26,30,39-40H,9-13H2,(H,36,41)(H,32,33,34)/t24-,25+,26-,30+/m0/s1. The van der Waals surface area contributed by atoms with Crippen molar-refractivity contribution in [1.29, 1.82) is 0 Å². The Bertz CT molecular complexity index is 1750. The third-order valence-corrected chi connectivity index (χ3v) is 8.13. The van der Waals surface area contributed by atoms with Crippen LogP contribution in [0.15, 0.2) is 67.4 Å². The Morgan fingerprint density at radius 1 is 1.05 bits per heavy atom. The number of hydrogen-bond donors (Lipinski definition) is 4. The van der Waals surface area contributed by atoms with Gasteiger partial charge in [-0.05, 0) is 48.6 Å². The molecule has 7 rings (SSSR count). The Balaban J connectivity index is 1.07. The minimum absolute atomic E-state index is 0.111. The van der Waals surface area contributed by atoms with Crippen molar-refractivity contribution in [2.24, 2.45) is 0 Å². The SMILES string of the molecule is O=C(NC1CC1)[C@H]1O[C@@H](n2cnc3c(NCCc4cn(Cc5ccc(Cl)cc5)c5ccccc45)ncnc32)[C@H](O)[C@@H]1O. The number of carbonyl (C=O) groups excluding carboxylic acids is 1. The van der Waals surface area contributed by atoms with E-state index in [1.54, 1.807) is 0 Å². The summed E-state index contributed by atoms with van der Waals surface area (Å²) in [5.74, 6) is 0.113. The monoisotopic (exact) mass is 587 g/mol. The van der Waals surface area contributed by atoms with Crippen LogP contribution in [0.5, 0.6) is 0 Å². The van der Waals surface area contributed by atoms with E-state index in [0.717, 1.165) is 36.3 Å². The summed E-state index contributed by atoms with van der Waals surface area (Å²) in [6.07, 6.45) is 2.75. The summed E-state index contributed by atoms with van der Waals surface area (Å²) in [7, 11) is 0. The highest BCUT2D eigenvalue weighted by Gasteiger charge is 2.48. The molecule has 0 bridgehead atoms. The molecule has 4 heterocycles. The number of imidazole rings is 1. The summed E-state index contributed by atoms with van der Waals surface area (Å²) in [5, 5.41) is 29.4. The quantitative estimate of drug-likeness (QED) is 0.206. The number of nitrogens with one attached hydrogen (secondary N) is 2. The van der Waals surface area contributed by atoms with Crippen molar-refractivity contribution in [3.63, 3.8) is 0 Å². The molecule has 0 radical (unpaired) electrons. The Hall–Kier alpha value is -4.03. The Kier molecular flexibility index (Phi) is 7.02. The second-order valence-electron chi connectivity index (χ2n) is 10.9. The van der Waals surface area contributed by atoms with Crippen molar-refractivity contribution < 1.29 is 19.7 Å². The van der Waals surface area contributed by atoms with Crippen LogP contribution in [0.1, 0.15) is 30.2 Å². The molecule has 2 fully saturated rings. The Morgan fingerprint density at radius 2 is 1.86 bits per heavy atom. The average molecular weight is 588 g/mol. The molecule has 2 aliphatic rings. The molecule has 1 saturated heterocycles. The lowest BCUT2D eigenvalue weighted by Gasteiger charge is -2.16. The Morgan fingerprint density at radius 3 is 2.67 bits per heavy atom. The lowest BCUT2D eigenvalue weighted by atomic mass is 10.1. The van der Waals surface area contributed by atoms with Crippen molar-refractivity contribution in [1.82, 2.24) is 29.4 Å². The second-order valence-corrected chi connectivity index (χ2v) is 11.3. The van der Waals surface area contributed by atoms with Crippen LogP contribution >= 0.6 is 11.6 Å². The molecule has 2 aromatic carbocycles. The second kappa shape index (κ2) is 11.0. The van der Waals surface area contributed by atoms with E-state index in [2.05, 4.69) is 48.5 Å². The molecule has 0 unspecified atom stereocenters. The van der Waals surface area contributed by atoms with Crippen LogP contribution in [0.3, 0.4) is 0 Å². The number of para-hydroxylation sites is 1. The number of carbonyl (C=O) groups is 1. The van der Waals surface area contributed by atoms with Crippen molar-refractivity contribution in [2.45, 2.75) is 56.4 Å². The molecular formula is C30H30ClN7O4. The fraction of sp³-hybridized carbons (Fsp3) is 0.333. The van der Waals surface area contributed by atoms with Gasteiger partial charge in [0, 0.05) is 41.3 Å². The number of fused-ring (bicyclic) bond motifs is 2. The highest BCUT2D eigenvalue weighted by Crippen LogP contribution is 2.33. The maximum Gasteiger partial charge on any atom is 0.252 e. The van der Waals surface area contributed by atoms with Gasteiger partial charge in [-0.25, -0.2) is 15.0 Å². The van der Waals surface area contributed by atoms with Gasteiger partial charge in [0.1, 0.15) is 18.5 Å². The number of benzene rings is 2. The fourth-order valence-corrected chi connectivity index (χ4v) is 5.67. The number of hydrogen-bond acceptors (Lipinski definition) is 8. The van der Waals surface area contributed by atoms with E-state index in [1.807, 2.05) is 36.4 Å². The lowest BCUT2D eigenvalue weighted by molar-refractivity contribution is -0.137. The van der Waals surface area contributed by atoms with Gasteiger partial charge >= 0.3 is 0 Å². The van der Waals surface area contributed by atoms with E-state index < -0.39 is 30.4 Å². The minimum Gasteiger partial charge on any atom is -0.387 e. The maximum absolute atomic E-state index is 12.5. The number of anilines is 1. The van der Waals surface area contributed by atoms with E-state index in [-0.39, 0.29) is 6.04 Å². The fourth-order valence-electron chi connectivity index (χ4n) is 5.54. The molecule has 1 aliphatic carbocycles. The van der Waals surface area contributed by atoms with E-state index >= 15 is 0 Å². The van der Waals surface area contributed by atoms with Crippen LogP contribution in [0.25, 0.3) is 22.1 Å². The molecule has 1 saturated carbocycles. The van der Waals surface area contributed by atoms with Crippen LogP contribution in [0, 0.1) is 0 Å². The molecule has 42 heavy (non-hydrogen) atoms. The van der Waals surface area contributed by atoms with Crippen LogP contribution < -0.4 is 10.6 Å². The first-order valence-electron chi connectivity index (χ1n) is 14.0. The number of nitrogens with zero attached hydrogens (tertiary/aromatic N) is 5. The van der Waals surface area contributed by atoms with E-state index in [1.165, 1.54) is 33.7 Å². The molecular weight excluding hydrogens is 558 g/mol. The summed E-state index contributed by atoms with van der Waals surface area (Å²) < 4.78 is 9.60. The van der Waals surface area contributed by atoms with Gasteiger partial charge in [-0.3, -0.25) is 9.36 Å². The number of amides is 1. The molecule has 5 aromatic rings. The van der Waals surface area contributed by atoms with E-state index in [4.69, 9.17) is 16.3 Å². The molecule has 1 aliphatic heterocycles. The first-order valence-corrected chi connectivity index (χ1v) is 14.4. The molecule has 11 nitrogen and oxygen atoms in total. The smallest absolute Gasteiger partial charge is 0.252 e. The van der Waals surface area contributed by atoms with Crippen molar-refractivity contribution in [3.8, 4) is 0 Å². The van der Waals surface area contributed by atoms with Gasteiger partial charge in [-0.2, -0.15) is 0 Å². The summed E-state index contributed by atoms with van der Waals surface area (Å²) in [6, 6.07) is 16.3. The minimum atomic E-state index is -1.37. The van der Waals surface area contributed by atoms with Crippen LogP contribution in [-0.2, 0) is 22.5 Å². The molecule has 216 valence electrons. The number of ether oxygens (including phenoxy) is 1. The first-order chi connectivity index (χ1) is 20.5. The molecule has 0 spiro atoms. The maximum atomic E-state index is 12.5. The zero-order valence-corrected chi connectivity index (χ0v) is 23.4. The first kappa shape index (κ1) is 26.8. The summed E-state index contributed by atoms with van der Waals surface area (Å²) in [5.41, 5.74) is 4.45. The predicted octanol–water partition coefficient (Wildman–Crippen LogP) is 3.04. The number of halogens is 1.